The quantitative estimate of drug-likeness (QED) is 0.152. The molecule has 62 heavy (non-hydrogen) atoms. The van der Waals surface area contributed by atoms with Crippen LogP contribution < -0.4 is 0 Å². The minimum Gasteiger partial charge on any atom is -0.0616 e. The van der Waals surface area contributed by atoms with Crippen LogP contribution in [0.4, 0.5) is 0 Å². The van der Waals surface area contributed by atoms with Gasteiger partial charge in [0.15, 0.2) is 0 Å². The Kier molecular flexibility index (Phi) is 8.40. The summed E-state index contributed by atoms with van der Waals surface area (Å²) in [6.07, 6.45) is 0. The lowest BCUT2D eigenvalue weighted by atomic mass is 9.90. The maximum Gasteiger partial charge on any atom is -0.00928 e. The highest BCUT2D eigenvalue weighted by Gasteiger charge is 2.13. The van der Waals surface area contributed by atoms with Crippen LogP contribution in [0.1, 0.15) is 11.1 Å². The van der Waals surface area contributed by atoms with E-state index in [-0.39, 0.29) is 0 Å². The van der Waals surface area contributed by atoms with Crippen molar-refractivity contribution in [2.24, 2.45) is 0 Å². The van der Waals surface area contributed by atoms with E-state index in [0.29, 0.717) is 0 Å². The number of hydrogen-bond donors (Lipinski definition) is 0. The van der Waals surface area contributed by atoms with Crippen molar-refractivity contribution in [3.63, 3.8) is 0 Å². The molecule has 0 saturated heterocycles. The molecule has 0 unspecified atom stereocenters. The third-order valence-corrected chi connectivity index (χ3v) is 13.1. The van der Waals surface area contributed by atoms with Gasteiger partial charge in [0.25, 0.3) is 0 Å². The Morgan fingerprint density at radius 3 is 0.661 bits per heavy atom. The van der Waals surface area contributed by atoms with E-state index >= 15 is 0 Å². The van der Waals surface area contributed by atoms with Crippen molar-refractivity contribution in [3.8, 4) is 55.6 Å². The molecule has 0 aromatic heterocycles. The van der Waals surface area contributed by atoms with E-state index in [1.165, 1.54) is 131 Å². The van der Waals surface area contributed by atoms with Gasteiger partial charge in [-0.05, 0) is 170 Å². The molecule has 0 aliphatic heterocycles. The van der Waals surface area contributed by atoms with E-state index in [1.54, 1.807) is 0 Å². The summed E-state index contributed by atoms with van der Waals surface area (Å²) in [5.74, 6) is 0. The Balaban J connectivity index is 0.839. The molecule has 290 valence electrons. The molecule has 0 heteroatoms. The molecule has 0 saturated carbocycles. The van der Waals surface area contributed by atoms with Crippen LogP contribution in [0.3, 0.4) is 0 Å². The van der Waals surface area contributed by atoms with Crippen LogP contribution in [-0.2, 0) is 0 Å². The number of benzene rings is 12. The van der Waals surface area contributed by atoms with Crippen LogP contribution in [0.15, 0.2) is 218 Å². The third-order valence-electron chi connectivity index (χ3n) is 13.1. The normalized spacial score (nSPS) is 11.7. The van der Waals surface area contributed by atoms with Crippen LogP contribution in [-0.4, -0.2) is 0 Å². The number of fused-ring (bicyclic) bond motifs is 12. The molecule has 0 atom stereocenters. The van der Waals surface area contributed by atoms with Crippen LogP contribution >= 0.6 is 0 Å². The van der Waals surface area contributed by atoms with Gasteiger partial charge in [-0.15, -0.1) is 0 Å². The summed E-state index contributed by atoms with van der Waals surface area (Å²) in [7, 11) is 0. The Labute approximate surface area is 362 Å². The summed E-state index contributed by atoms with van der Waals surface area (Å²) in [6.45, 7) is 4.41. The summed E-state index contributed by atoms with van der Waals surface area (Å²) in [5, 5.41) is 15.6. The fraction of sp³-hybridized carbons (Fsp3) is 0.0323. The van der Waals surface area contributed by atoms with Crippen molar-refractivity contribution in [2.75, 3.05) is 0 Å². The first kappa shape index (κ1) is 36.1. The maximum atomic E-state index is 2.39. The molecule has 0 heterocycles. The molecule has 0 nitrogen and oxygen atoms in total. The molecular weight excluding hydrogens is 745 g/mol. The lowest BCUT2D eigenvalue weighted by molar-refractivity contribution is 1.46. The van der Waals surface area contributed by atoms with Crippen LogP contribution in [0, 0.1) is 13.8 Å². The van der Waals surface area contributed by atoms with Crippen molar-refractivity contribution < 1.29 is 0 Å². The number of hydrogen-bond acceptors (Lipinski definition) is 0. The summed E-state index contributed by atoms with van der Waals surface area (Å²) in [4.78, 5) is 0. The topological polar surface area (TPSA) is 0 Å². The molecule has 12 aromatic carbocycles. The average Bonchev–Trinajstić information content (AvgIpc) is 3.33. The van der Waals surface area contributed by atoms with Gasteiger partial charge in [0.05, 0.1) is 0 Å². The highest BCUT2D eigenvalue weighted by molar-refractivity contribution is 6.27. The zero-order valence-electron chi connectivity index (χ0n) is 34.8. The van der Waals surface area contributed by atoms with Gasteiger partial charge in [0.2, 0.25) is 0 Å². The molecule has 0 aliphatic rings. The fourth-order valence-electron chi connectivity index (χ4n) is 10.1. The van der Waals surface area contributed by atoms with E-state index in [2.05, 4.69) is 232 Å². The molecule has 0 fully saturated rings. The van der Waals surface area contributed by atoms with E-state index in [0.717, 1.165) is 0 Å². The molecule has 0 amide bonds. The SMILES string of the molecule is Cc1cc(-c2ccc(-c3ccc(-c4cc(C)cc(-c5ccc6c7ccccc7c7ccccc7c6c5)c4)cc3)cc2)cc(-c2ccc3c4ccccc4c4ccccc4c3c2)c1. The third kappa shape index (κ3) is 6.07. The molecule has 0 aliphatic carbocycles. The van der Waals surface area contributed by atoms with Gasteiger partial charge in [0.1, 0.15) is 0 Å². The maximum absolute atomic E-state index is 2.39. The first-order valence-corrected chi connectivity index (χ1v) is 21.6. The Bertz CT molecular complexity index is 3420. The monoisotopic (exact) mass is 786 g/mol. The predicted octanol–water partition coefficient (Wildman–Crippen LogP) is 17.6. The van der Waals surface area contributed by atoms with Gasteiger partial charge in [-0.25, -0.2) is 0 Å². The van der Waals surface area contributed by atoms with Crippen molar-refractivity contribution in [1.82, 2.24) is 0 Å². The van der Waals surface area contributed by atoms with Gasteiger partial charge >= 0.3 is 0 Å². The standard InChI is InChI=1S/C62H42/c1-39-31-47(35-49(33-39)45-27-29-59-55-15-5-3-11-51(55)53-13-7-9-17-57(53)61(59)37-45)43-23-19-41(20-24-43)42-21-25-44(26-22-42)48-32-40(2)34-50(36-48)46-28-30-60-56-16-6-4-12-52(56)54-14-8-10-18-58(54)62(60)38-46/h3-38H,1-2H3. The van der Waals surface area contributed by atoms with Crippen LogP contribution in [0.2, 0.25) is 0 Å². The largest absolute Gasteiger partial charge is 0.0616 e. The minimum atomic E-state index is 1.21. The zero-order valence-corrected chi connectivity index (χ0v) is 34.8. The van der Waals surface area contributed by atoms with Gasteiger partial charge in [-0.1, -0.05) is 194 Å². The summed E-state index contributed by atoms with van der Waals surface area (Å²) < 4.78 is 0. The van der Waals surface area contributed by atoms with Crippen molar-refractivity contribution in [2.45, 2.75) is 13.8 Å². The highest BCUT2D eigenvalue weighted by atomic mass is 14.2. The summed E-state index contributed by atoms with van der Waals surface area (Å²) in [5.41, 5.74) is 14.8. The van der Waals surface area contributed by atoms with Gasteiger partial charge in [0, 0.05) is 0 Å². The Morgan fingerprint density at radius 1 is 0.161 bits per heavy atom. The van der Waals surface area contributed by atoms with Crippen LogP contribution in [0.25, 0.3) is 120 Å². The van der Waals surface area contributed by atoms with Crippen molar-refractivity contribution in [1.29, 1.82) is 0 Å². The van der Waals surface area contributed by atoms with Crippen molar-refractivity contribution >= 4 is 64.6 Å². The first-order chi connectivity index (χ1) is 30.5. The first-order valence-electron chi connectivity index (χ1n) is 21.6. The molecular formula is C62H42. The van der Waals surface area contributed by atoms with E-state index in [9.17, 15) is 0 Å². The number of rotatable bonds is 5. The van der Waals surface area contributed by atoms with E-state index in [4.69, 9.17) is 0 Å². The Morgan fingerprint density at radius 2 is 0.371 bits per heavy atom. The molecule has 0 radical (unpaired) electrons. The highest BCUT2D eigenvalue weighted by Crippen LogP contribution is 2.40. The minimum absolute atomic E-state index is 1.21. The van der Waals surface area contributed by atoms with Crippen molar-refractivity contribution in [3.05, 3.63) is 230 Å². The second-order valence-electron chi connectivity index (χ2n) is 17.0. The molecule has 0 N–H and O–H groups in total. The fourth-order valence-corrected chi connectivity index (χ4v) is 10.1. The lowest BCUT2D eigenvalue weighted by Gasteiger charge is -2.14. The smallest absolute Gasteiger partial charge is 0.00928 e. The molecule has 12 rings (SSSR count). The molecule has 0 spiro atoms. The van der Waals surface area contributed by atoms with Gasteiger partial charge in [-0.3, -0.25) is 0 Å². The summed E-state index contributed by atoms with van der Waals surface area (Å²) >= 11 is 0. The van der Waals surface area contributed by atoms with Gasteiger partial charge < -0.3 is 0 Å². The van der Waals surface area contributed by atoms with Crippen LogP contribution in [0.5, 0.6) is 0 Å². The lowest BCUT2D eigenvalue weighted by Crippen LogP contribution is -1.88. The zero-order chi connectivity index (χ0) is 41.3. The second-order valence-corrected chi connectivity index (χ2v) is 17.0. The second kappa shape index (κ2) is 14.4. The molecule has 0 bridgehead atoms. The Hall–Kier alpha value is -7.80. The van der Waals surface area contributed by atoms with E-state index in [1.807, 2.05) is 0 Å². The summed E-state index contributed by atoms with van der Waals surface area (Å²) in [6, 6.07) is 81.2. The average molecular weight is 787 g/mol. The molecule has 12 aromatic rings. The predicted molar refractivity (Wildman–Crippen MR) is 268 cm³/mol. The van der Waals surface area contributed by atoms with E-state index < -0.39 is 0 Å². The van der Waals surface area contributed by atoms with Gasteiger partial charge in [-0.2, -0.15) is 0 Å². The number of aryl methyl sites for hydroxylation is 2.